The Labute approximate surface area is 166 Å². The Hall–Kier alpha value is -3.12. The molecule has 28 heavy (non-hydrogen) atoms. The van der Waals surface area contributed by atoms with Crippen molar-refractivity contribution in [3.8, 4) is 0 Å². The van der Waals surface area contributed by atoms with E-state index in [4.69, 9.17) is 0 Å². The summed E-state index contributed by atoms with van der Waals surface area (Å²) < 4.78 is 0. The molecule has 0 N–H and O–H groups in total. The Bertz CT molecular complexity index is 1110. The highest BCUT2D eigenvalue weighted by Gasteiger charge is 2.09. The summed E-state index contributed by atoms with van der Waals surface area (Å²) in [4.78, 5) is 0. The molecular formula is C28H24. The second-order valence-corrected chi connectivity index (χ2v) is 7.72. The highest BCUT2D eigenvalue weighted by Crippen LogP contribution is 2.26. The normalized spacial score (nSPS) is 13.1. The summed E-state index contributed by atoms with van der Waals surface area (Å²) in [6.07, 6.45) is 5.29. The van der Waals surface area contributed by atoms with Crippen molar-refractivity contribution < 1.29 is 0 Å². The third-order valence-corrected chi connectivity index (χ3v) is 5.82. The summed E-state index contributed by atoms with van der Waals surface area (Å²) in [5.41, 5.74) is 3.16. The van der Waals surface area contributed by atoms with Gasteiger partial charge in [0.05, 0.1) is 0 Å². The van der Waals surface area contributed by atoms with Crippen molar-refractivity contribution in [2.75, 3.05) is 0 Å². The summed E-state index contributed by atoms with van der Waals surface area (Å²) >= 11 is 0. The standard InChI is InChI=1S/C14H14.C14H10/c2*1-2-6-12-10-14-8-4-3-7-13(14)9-11(12)5-1/h1-2,5-6,9-10H,3-4,7-8H2;1-10H. The Balaban J connectivity index is 0.000000122. The molecule has 0 nitrogen and oxygen atoms in total. The molecule has 5 aromatic carbocycles. The van der Waals surface area contributed by atoms with Crippen LogP contribution in [-0.4, -0.2) is 0 Å². The van der Waals surface area contributed by atoms with Crippen molar-refractivity contribution in [2.24, 2.45) is 0 Å². The SMILES string of the molecule is c1ccc2cc3c(cc2c1)CCCC3.c1ccc2cc3ccccc3cc2c1. The highest BCUT2D eigenvalue weighted by atomic mass is 14.1. The van der Waals surface area contributed by atoms with E-state index >= 15 is 0 Å². The molecule has 0 heterocycles. The molecule has 0 bridgehead atoms. The minimum atomic E-state index is 1.28. The topological polar surface area (TPSA) is 0 Å². The van der Waals surface area contributed by atoms with Gasteiger partial charge in [0.2, 0.25) is 0 Å². The van der Waals surface area contributed by atoms with Crippen molar-refractivity contribution in [3.05, 3.63) is 108 Å². The van der Waals surface area contributed by atoms with Crippen molar-refractivity contribution in [1.29, 1.82) is 0 Å². The van der Waals surface area contributed by atoms with E-state index in [2.05, 4.69) is 97.1 Å². The van der Waals surface area contributed by atoms with E-state index in [-0.39, 0.29) is 0 Å². The second-order valence-electron chi connectivity index (χ2n) is 7.72. The summed E-state index contributed by atoms with van der Waals surface area (Å²) in [5.74, 6) is 0. The first-order chi connectivity index (χ1) is 13.9. The number of hydrogen-bond donors (Lipinski definition) is 0. The Morgan fingerprint density at radius 2 is 0.643 bits per heavy atom. The molecule has 1 aliphatic rings. The molecule has 6 rings (SSSR count). The van der Waals surface area contributed by atoms with Gasteiger partial charge in [0.25, 0.3) is 0 Å². The molecular weight excluding hydrogens is 336 g/mol. The van der Waals surface area contributed by atoms with Gasteiger partial charge in [0.1, 0.15) is 0 Å². The second kappa shape index (κ2) is 7.48. The lowest BCUT2D eigenvalue weighted by Gasteiger charge is -2.16. The van der Waals surface area contributed by atoms with Crippen LogP contribution >= 0.6 is 0 Å². The lowest BCUT2D eigenvalue weighted by molar-refractivity contribution is 0.687. The zero-order chi connectivity index (χ0) is 18.8. The number of benzene rings is 5. The van der Waals surface area contributed by atoms with Crippen LogP contribution in [0.3, 0.4) is 0 Å². The predicted molar refractivity (Wildman–Crippen MR) is 122 cm³/mol. The van der Waals surface area contributed by atoms with Crippen LogP contribution in [0, 0.1) is 0 Å². The summed E-state index contributed by atoms with van der Waals surface area (Å²) in [6, 6.07) is 34.8. The van der Waals surface area contributed by atoms with Gasteiger partial charge >= 0.3 is 0 Å². The third kappa shape index (κ3) is 3.39. The van der Waals surface area contributed by atoms with E-state index < -0.39 is 0 Å². The summed E-state index contributed by atoms with van der Waals surface area (Å²) in [7, 11) is 0. The zero-order valence-corrected chi connectivity index (χ0v) is 16.1. The molecule has 0 saturated heterocycles. The van der Waals surface area contributed by atoms with Gasteiger partial charge in [0.15, 0.2) is 0 Å². The third-order valence-electron chi connectivity index (χ3n) is 5.82. The van der Waals surface area contributed by atoms with Crippen LogP contribution in [-0.2, 0) is 12.8 Å². The maximum absolute atomic E-state index is 2.38. The van der Waals surface area contributed by atoms with Crippen LogP contribution in [0.25, 0.3) is 32.3 Å². The van der Waals surface area contributed by atoms with Gasteiger partial charge in [-0.2, -0.15) is 0 Å². The number of fused-ring (bicyclic) bond motifs is 4. The lowest BCUT2D eigenvalue weighted by atomic mass is 9.89. The van der Waals surface area contributed by atoms with Crippen molar-refractivity contribution in [1.82, 2.24) is 0 Å². The van der Waals surface area contributed by atoms with Gasteiger partial charge in [-0.3, -0.25) is 0 Å². The fourth-order valence-electron chi connectivity index (χ4n) is 4.31. The molecule has 0 spiro atoms. The largest absolute Gasteiger partial charge is 0.0616 e. The van der Waals surface area contributed by atoms with Crippen LogP contribution in [0.2, 0.25) is 0 Å². The molecule has 136 valence electrons. The molecule has 0 heteroatoms. The average Bonchev–Trinajstić information content (AvgIpc) is 2.76. The van der Waals surface area contributed by atoms with Gasteiger partial charge < -0.3 is 0 Å². The van der Waals surface area contributed by atoms with E-state index in [1.54, 1.807) is 11.1 Å². The smallest absolute Gasteiger partial charge is 0.0178 e. The molecule has 1 aliphatic carbocycles. The Kier molecular flexibility index (Phi) is 4.54. The predicted octanol–water partition coefficient (Wildman–Crippen LogP) is 7.71. The molecule has 0 radical (unpaired) electrons. The monoisotopic (exact) mass is 360 g/mol. The number of hydrogen-bond acceptors (Lipinski definition) is 0. The van der Waals surface area contributed by atoms with Gasteiger partial charge in [-0.15, -0.1) is 0 Å². The summed E-state index contributed by atoms with van der Waals surface area (Å²) in [6.45, 7) is 0. The Morgan fingerprint density at radius 1 is 0.357 bits per heavy atom. The molecule has 0 saturated carbocycles. The van der Waals surface area contributed by atoms with Crippen LogP contribution in [0.1, 0.15) is 24.0 Å². The van der Waals surface area contributed by atoms with Crippen LogP contribution < -0.4 is 0 Å². The van der Waals surface area contributed by atoms with Gasteiger partial charge in [0, 0.05) is 0 Å². The average molecular weight is 360 g/mol. The molecule has 0 atom stereocenters. The fourth-order valence-corrected chi connectivity index (χ4v) is 4.31. The van der Waals surface area contributed by atoms with E-state index in [1.807, 2.05) is 0 Å². The highest BCUT2D eigenvalue weighted by molar-refractivity contribution is 5.98. The Morgan fingerprint density at radius 3 is 0.964 bits per heavy atom. The summed E-state index contributed by atoms with van der Waals surface area (Å²) in [5, 5.41) is 8.04. The van der Waals surface area contributed by atoms with Crippen LogP contribution in [0.4, 0.5) is 0 Å². The van der Waals surface area contributed by atoms with E-state index in [0.717, 1.165) is 0 Å². The number of aryl methyl sites for hydroxylation is 2. The molecule has 0 unspecified atom stereocenters. The maximum atomic E-state index is 2.38. The van der Waals surface area contributed by atoms with Gasteiger partial charge in [-0.1, -0.05) is 84.9 Å². The van der Waals surface area contributed by atoms with E-state index in [9.17, 15) is 0 Å². The molecule has 0 aliphatic heterocycles. The van der Waals surface area contributed by atoms with Crippen LogP contribution in [0.5, 0.6) is 0 Å². The van der Waals surface area contributed by atoms with Crippen molar-refractivity contribution >= 4 is 32.3 Å². The van der Waals surface area contributed by atoms with Crippen LogP contribution in [0.15, 0.2) is 97.1 Å². The lowest BCUT2D eigenvalue weighted by Crippen LogP contribution is -2.01. The van der Waals surface area contributed by atoms with E-state index in [0.29, 0.717) is 0 Å². The zero-order valence-electron chi connectivity index (χ0n) is 16.1. The minimum absolute atomic E-state index is 1.28. The molecule has 5 aromatic rings. The molecule has 0 aromatic heterocycles. The first-order valence-corrected chi connectivity index (χ1v) is 10.2. The maximum Gasteiger partial charge on any atom is -0.0178 e. The van der Waals surface area contributed by atoms with Gasteiger partial charge in [-0.25, -0.2) is 0 Å². The fraction of sp³-hybridized carbons (Fsp3) is 0.143. The van der Waals surface area contributed by atoms with E-state index in [1.165, 1.54) is 58.0 Å². The first kappa shape index (κ1) is 17.0. The first-order valence-electron chi connectivity index (χ1n) is 10.2. The molecule has 0 amide bonds. The number of rotatable bonds is 0. The molecule has 0 fully saturated rings. The van der Waals surface area contributed by atoms with Crippen molar-refractivity contribution in [3.63, 3.8) is 0 Å². The van der Waals surface area contributed by atoms with Crippen molar-refractivity contribution in [2.45, 2.75) is 25.7 Å². The minimum Gasteiger partial charge on any atom is -0.0616 e. The van der Waals surface area contributed by atoms with Gasteiger partial charge in [-0.05, 0) is 81.3 Å². The quantitative estimate of drug-likeness (QED) is 0.248.